The minimum Gasteiger partial charge on any atom is -0.350 e. The largest absolute Gasteiger partial charge is 0.416 e. The van der Waals surface area contributed by atoms with Crippen LogP contribution in [0.2, 0.25) is 0 Å². The lowest BCUT2D eigenvalue weighted by Crippen LogP contribution is -2.47. The van der Waals surface area contributed by atoms with E-state index in [1.165, 1.54) is 12.1 Å². The van der Waals surface area contributed by atoms with Crippen LogP contribution in [0.3, 0.4) is 0 Å². The molecule has 0 spiro atoms. The highest BCUT2D eigenvalue weighted by molar-refractivity contribution is 7.91. The summed E-state index contributed by atoms with van der Waals surface area (Å²) in [7, 11) is -3.09. The number of alkyl halides is 3. The summed E-state index contributed by atoms with van der Waals surface area (Å²) in [6.07, 6.45) is -4.41. The second-order valence-corrected chi connectivity index (χ2v) is 9.22. The van der Waals surface area contributed by atoms with Gasteiger partial charge in [-0.2, -0.15) is 13.2 Å². The molecule has 1 N–H and O–H groups in total. The number of halogens is 3. The molecule has 9 heteroatoms. The standard InChI is InChI=1S/C20H21F3N2O3S/c21-20(22,23)17-8-6-15(7-9-17)14-24-19(26)18(16-4-2-1-3-5-16)25-10-12-29(27,28)13-11-25/h1-9,18H,10-14H2,(H,24,26). The molecular weight excluding hydrogens is 405 g/mol. The Labute approximate surface area is 167 Å². The van der Waals surface area contributed by atoms with Crippen LogP contribution >= 0.6 is 0 Å². The van der Waals surface area contributed by atoms with Gasteiger partial charge in [0.15, 0.2) is 9.84 Å². The summed E-state index contributed by atoms with van der Waals surface area (Å²) in [5, 5.41) is 2.76. The summed E-state index contributed by atoms with van der Waals surface area (Å²) in [5.74, 6) is -0.346. The van der Waals surface area contributed by atoms with Gasteiger partial charge < -0.3 is 5.32 Å². The molecule has 0 aromatic heterocycles. The van der Waals surface area contributed by atoms with Crippen molar-refractivity contribution in [3.05, 3.63) is 71.3 Å². The van der Waals surface area contributed by atoms with E-state index in [0.29, 0.717) is 5.56 Å². The molecule has 1 fully saturated rings. The third-order valence-corrected chi connectivity index (χ3v) is 6.46. The molecule has 3 rings (SSSR count). The first kappa shape index (κ1) is 21.3. The molecule has 1 aliphatic rings. The highest BCUT2D eigenvalue weighted by Crippen LogP contribution is 2.29. The molecule has 1 saturated heterocycles. The van der Waals surface area contributed by atoms with E-state index in [4.69, 9.17) is 0 Å². The molecule has 0 radical (unpaired) electrons. The first-order valence-electron chi connectivity index (χ1n) is 9.09. The Morgan fingerprint density at radius 3 is 2.14 bits per heavy atom. The Kier molecular flexibility index (Phi) is 6.28. The fourth-order valence-corrected chi connectivity index (χ4v) is 4.48. The number of benzene rings is 2. The van der Waals surface area contributed by atoms with Crippen molar-refractivity contribution in [2.75, 3.05) is 24.6 Å². The lowest BCUT2D eigenvalue weighted by molar-refractivity contribution is -0.137. The van der Waals surface area contributed by atoms with Crippen LogP contribution < -0.4 is 5.32 Å². The molecule has 0 bridgehead atoms. The Morgan fingerprint density at radius 2 is 1.59 bits per heavy atom. The zero-order chi connectivity index (χ0) is 21.1. The van der Waals surface area contributed by atoms with E-state index in [2.05, 4.69) is 5.32 Å². The number of carbonyl (C=O) groups excluding carboxylic acids is 1. The number of sulfone groups is 1. The van der Waals surface area contributed by atoms with Gasteiger partial charge in [0.25, 0.3) is 0 Å². The zero-order valence-electron chi connectivity index (χ0n) is 15.5. The van der Waals surface area contributed by atoms with Crippen LogP contribution in [0.15, 0.2) is 54.6 Å². The number of hydrogen-bond donors (Lipinski definition) is 1. The van der Waals surface area contributed by atoms with E-state index in [9.17, 15) is 26.4 Å². The minimum absolute atomic E-state index is 0.0114. The molecule has 1 heterocycles. The summed E-state index contributed by atoms with van der Waals surface area (Å²) < 4.78 is 61.5. The fraction of sp³-hybridized carbons (Fsp3) is 0.350. The molecule has 0 saturated carbocycles. The second kappa shape index (κ2) is 8.54. The molecule has 1 amide bonds. The van der Waals surface area contributed by atoms with Gasteiger partial charge in [-0.3, -0.25) is 9.69 Å². The van der Waals surface area contributed by atoms with Crippen molar-refractivity contribution in [2.45, 2.75) is 18.8 Å². The van der Waals surface area contributed by atoms with E-state index in [-0.39, 0.29) is 37.0 Å². The highest BCUT2D eigenvalue weighted by atomic mass is 32.2. The maximum absolute atomic E-state index is 12.9. The van der Waals surface area contributed by atoms with Gasteiger partial charge in [0.2, 0.25) is 5.91 Å². The van der Waals surface area contributed by atoms with E-state index in [1.807, 2.05) is 11.0 Å². The molecule has 1 aliphatic heterocycles. The molecule has 156 valence electrons. The molecule has 1 atom stereocenters. The number of carbonyl (C=O) groups is 1. The van der Waals surface area contributed by atoms with Gasteiger partial charge in [-0.05, 0) is 23.3 Å². The quantitative estimate of drug-likeness (QED) is 0.799. The van der Waals surface area contributed by atoms with Gasteiger partial charge in [-0.1, -0.05) is 42.5 Å². The summed E-state index contributed by atoms with van der Waals surface area (Å²) in [5.41, 5.74) is 0.528. The van der Waals surface area contributed by atoms with E-state index >= 15 is 0 Å². The topological polar surface area (TPSA) is 66.5 Å². The van der Waals surface area contributed by atoms with Gasteiger partial charge in [0, 0.05) is 19.6 Å². The number of hydrogen-bond acceptors (Lipinski definition) is 4. The SMILES string of the molecule is O=C(NCc1ccc(C(F)(F)F)cc1)C(c1ccccc1)N1CCS(=O)(=O)CC1. The summed E-state index contributed by atoms with van der Waals surface area (Å²) in [4.78, 5) is 14.7. The average molecular weight is 426 g/mol. The summed E-state index contributed by atoms with van der Waals surface area (Å²) in [6, 6.07) is 13.0. The third kappa shape index (κ3) is 5.57. The van der Waals surface area contributed by atoms with Crippen LogP contribution in [-0.4, -0.2) is 43.8 Å². The Morgan fingerprint density at radius 1 is 1.00 bits per heavy atom. The molecule has 0 aliphatic carbocycles. The van der Waals surface area contributed by atoms with Crippen molar-refractivity contribution in [1.82, 2.24) is 10.2 Å². The monoisotopic (exact) mass is 426 g/mol. The van der Waals surface area contributed by atoms with Crippen molar-refractivity contribution >= 4 is 15.7 Å². The summed E-state index contributed by atoms with van der Waals surface area (Å²) >= 11 is 0. The van der Waals surface area contributed by atoms with Gasteiger partial charge in [-0.15, -0.1) is 0 Å². The number of amides is 1. The van der Waals surface area contributed by atoms with Crippen LogP contribution in [0.25, 0.3) is 0 Å². The van der Waals surface area contributed by atoms with Crippen LogP contribution in [0.5, 0.6) is 0 Å². The molecule has 29 heavy (non-hydrogen) atoms. The van der Waals surface area contributed by atoms with Gasteiger partial charge >= 0.3 is 6.18 Å². The molecule has 2 aromatic rings. The first-order valence-corrected chi connectivity index (χ1v) is 10.9. The van der Waals surface area contributed by atoms with Crippen LogP contribution in [0, 0.1) is 0 Å². The maximum atomic E-state index is 12.9. The summed E-state index contributed by atoms with van der Waals surface area (Å²) in [6.45, 7) is 0.567. The van der Waals surface area contributed by atoms with Crippen molar-refractivity contribution < 1.29 is 26.4 Å². The maximum Gasteiger partial charge on any atom is 0.416 e. The Hall–Kier alpha value is -2.39. The first-order chi connectivity index (χ1) is 13.7. The highest BCUT2D eigenvalue weighted by Gasteiger charge is 2.32. The zero-order valence-corrected chi connectivity index (χ0v) is 16.3. The Balaban J connectivity index is 1.72. The van der Waals surface area contributed by atoms with Gasteiger partial charge in [0.1, 0.15) is 6.04 Å². The molecule has 5 nitrogen and oxygen atoms in total. The van der Waals surface area contributed by atoms with Gasteiger partial charge in [-0.25, -0.2) is 8.42 Å². The van der Waals surface area contributed by atoms with Crippen LogP contribution in [0.1, 0.15) is 22.7 Å². The molecule has 1 unspecified atom stereocenters. The Bertz CT molecular complexity index is 931. The lowest BCUT2D eigenvalue weighted by atomic mass is 10.0. The number of rotatable bonds is 5. The minimum atomic E-state index is -4.41. The van der Waals surface area contributed by atoms with E-state index in [0.717, 1.165) is 17.7 Å². The van der Waals surface area contributed by atoms with Crippen LogP contribution in [0.4, 0.5) is 13.2 Å². The van der Waals surface area contributed by atoms with E-state index < -0.39 is 27.6 Å². The fourth-order valence-electron chi connectivity index (χ4n) is 3.25. The van der Waals surface area contributed by atoms with Crippen molar-refractivity contribution in [3.63, 3.8) is 0 Å². The second-order valence-electron chi connectivity index (χ2n) is 6.91. The smallest absolute Gasteiger partial charge is 0.350 e. The normalized spacial score (nSPS) is 18.2. The third-order valence-electron chi connectivity index (χ3n) is 4.86. The van der Waals surface area contributed by atoms with Gasteiger partial charge in [0.05, 0.1) is 17.1 Å². The van der Waals surface area contributed by atoms with E-state index in [1.54, 1.807) is 24.3 Å². The van der Waals surface area contributed by atoms with Crippen molar-refractivity contribution in [2.24, 2.45) is 0 Å². The van der Waals surface area contributed by atoms with Crippen molar-refractivity contribution in [1.29, 1.82) is 0 Å². The average Bonchev–Trinajstić information content (AvgIpc) is 2.68. The molecular formula is C20H21F3N2O3S. The lowest BCUT2D eigenvalue weighted by Gasteiger charge is -2.33. The predicted octanol–water partition coefficient (Wildman–Crippen LogP) is 2.79. The van der Waals surface area contributed by atoms with Crippen molar-refractivity contribution in [3.8, 4) is 0 Å². The predicted molar refractivity (Wildman–Crippen MR) is 103 cm³/mol. The van der Waals surface area contributed by atoms with Crippen LogP contribution in [-0.2, 0) is 27.4 Å². The number of nitrogens with zero attached hydrogens (tertiary/aromatic N) is 1. The molecule has 2 aromatic carbocycles. The number of nitrogens with one attached hydrogen (secondary N) is 1.